The minimum atomic E-state index is -0.506. The Kier molecular flexibility index (Phi) is 8.21. The summed E-state index contributed by atoms with van der Waals surface area (Å²) in [5, 5.41) is 14.0. The molecular formula is C20H27FN6O2S. The first-order valence-corrected chi connectivity index (χ1v) is 11.2. The lowest BCUT2D eigenvalue weighted by atomic mass is 10.1. The summed E-state index contributed by atoms with van der Waals surface area (Å²) in [6.45, 7) is 5.09. The summed E-state index contributed by atoms with van der Waals surface area (Å²) in [4.78, 5) is 26.1. The maximum Gasteiger partial charge on any atom is 0.321 e. The first-order chi connectivity index (χ1) is 14.6. The zero-order chi connectivity index (χ0) is 21.3. The number of nitrogens with one attached hydrogen (secondary N) is 2. The molecule has 2 heterocycles. The van der Waals surface area contributed by atoms with E-state index in [4.69, 9.17) is 0 Å². The van der Waals surface area contributed by atoms with E-state index in [0.29, 0.717) is 18.2 Å². The van der Waals surface area contributed by atoms with Gasteiger partial charge in [-0.3, -0.25) is 19.6 Å². The summed E-state index contributed by atoms with van der Waals surface area (Å²) in [5.74, 6) is 0.0193. The summed E-state index contributed by atoms with van der Waals surface area (Å²) >= 11 is 1.19. The predicted octanol–water partition coefficient (Wildman–Crippen LogP) is 2.72. The van der Waals surface area contributed by atoms with Gasteiger partial charge in [-0.15, -0.1) is 10.2 Å². The normalized spacial score (nSPS) is 14.5. The fraction of sp³-hybridized carbons (Fsp3) is 0.500. The lowest BCUT2D eigenvalue weighted by molar-refractivity contribution is -0.117. The van der Waals surface area contributed by atoms with Crippen LogP contribution in [-0.2, 0) is 11.3 Å². The van der Waals surface area contributed by atoms with Gasteiger partial charge in [0.15, 0.2) is 11.0 Å². The smallest absolute Gasteiger partial charge is 0.321 e. The molecule has 2 aromatic rings. The van der Waals surface area contributed by atoms with Crippen molar-refractivity contribution in [3.05, 3.63) is 35.9 Å². The lowest BCUT2D eigenvalue weighted by Gasteiger charge is -2.26. The number of benzene rings is 1. The van der Waals surface area contributed by atoms with Gasteiger partial charge in [0, 0.05) is 12.2 Å². The fourth-order valence-electron chi connectivity index (χ4n) is 3.24. The number of hydrogen-bond donors (Lipinski definition) is 2. The second-order valence-corrected chi connectivity index (χ2v) is 8.08. The van der Waals surface area contributed by atoms with Crippen molar-refractivity contribution >= 4 is 23.7 Å². The number of imide groups is 1. The molecule has 1 saturated heterocycles. The molecule has 1 fully saturated rings. The molecule has 0 saturated carbocycles. The molecule has 1 aliphatic rings. The van der Waals surface area contributed by atoms with Crippen LogP contribution in [0.15, 0.2) is 29.4 Å². The van der Waals surface area contributed by atoms with Crippen LogP contribution in [0.25, 0.3) is 5.69 Å². The maximum absolute atomic E-state index is 13.4. The van der Waals surface area contributed by atoms with Crippen molar-refractivity contribution in [2.24, 2.45) is 0 Å². The number of amides is 3. The van der Waals surface area contributed by atoms with Crippen LogP contribution in [0, 0.1) is 5.82 Å². The van der Waals surface area contributed by atoms with Crippen molar-refractivity contribution < 1.29 is 14.0 Å². The number of aromatic nitrogens is 3. The van der Waals surface area contributed by atoms with Gasteiger partial charge in [0.25, 0.3) is 0 Å². The number of carbonyl (C=O) groups is 2. The average molecular weight is 435 g/mol. The zero-order valence-corrected chi connectivity index (χ0v) is 17.9. The van der Waals surface area contributed by atoms with E-state index >= 15 is 0 Å². The number of halogens is 1. The third-order valence-electron chi connectivity index (χ3n) is 4.72. The number of carbonyl (C=O) groups excluding carboxylic acids is 2. The fourth-order valence-corrected chi connectivity index (χ4v) is 4.01. The summed E-state index contributed by atoms with van der Waals surface area (Å²) in [7, 11) is 0. The van der Waals surface area contributed by atoms with E-state index < -0.39 is 11.9 Å². The molecular weight excluding hydrogens is 407 g/mol. The number of likely N-dealkylation sites (tertiary alicyclic amines) is 1. The lowest BCUT2D eigenvalue weighted by Crippen LogP contribution is -2.40. The summed E-state index contributed by atoms with van der Waals surface area (Å²) in [6, 6.07) is 5.60. The Bertz CT molecular complexity index is 851. The molecule has 0 bridgehead atoms. The maximum atomic E-state index is 13.4. The molecule has 1 aromatic carbocycles. The van der Waals surface area contributed by atoms with Gasteiger partial charge in [0.2, 0.25) is 5.91 Å². The van der Waals surface area contributed by atoms with Gasteiger partial charge < -0.3 is 5.32 Å². The van der Waals surface area contributed by atoms with Crippen LogP contribution in [0.2, 0.25) is 0 Å². The zero-order valence-electron chi connectivity index (χ0n) is 17.1. The van der Waals surface area contributed by atoms with Crippen LogP contribution in [0.4, 0.5) is 9.18 Å². The number of rotatable bonds is 8. The van der Waals surface area contributed by atoms with E-state index in [1.807, 2.05) is 11.5 Å². The van der Waals surface area contributed by atoms with Gasteiger partial charge in [0.1, 0.15) is 5.82 Å². The first-order valence-electron chi connectivity index (χ1n) is 10.2. The molecule has 0 aliphatic carbocycles. The Hall–Kier alpha value is -2.46. The summed E-state index contributed by atoms with van der Waals surface area (Å²) in [6.07, 6.45) is 4.35. The molecule has 10 heteroatoms. The van der Waals surface area contributed by atoms with E-state index in [1.54, 1.807) is 12.1 Å². The molecule has 0 unspecified atom stereocenters. The second-order valence-electron chi connectivity index (χ2n) is 7.14. The Morgan fingerprint density at radius 1 is 1.13 bits per heavy atom. The van der Waals surface area contributed by atoms with Crippen LogP contribution in [0.5, 0.6) is 0 Å². The third-order valence-corrected chi connectivity index (χ3v) is 5.65. The van der Waals surface area contributed by atoms with E-state index in [-0.39, 0.29) is 11.6 Å². The summed E-state index contributed by atoms with van der Waals surface area (Å²) in [5.41, 5.74) is 0.733. The molecule has 0 atom stereocenters. The highest BCUT2D eigenvalue weighted by atomic mass is 32.2. The molecule has 1 aliphatic heterocycles. The number of hydrogen-bond acceptors (Lipinski definition) is 6. The SMILES string of the molecule is CCCNC(=O)NC(=O)CSc1nnc(CN2CCCCC2)n1-c1ccc(F)cc1. The van der Waals surface area contributed by atoms with Crippen molar-refractivity contribution in [2.45, 2.75) is 44.3 Å². The van der Waals surface area contributed by atoms with Gasteiger partial charge in [-0.05, 0) is 56.6 Å². The van der Waals surface area contributed by atoms with Gasteiger partial charge in [-0.1, -0.05) is 25.1 Å². The van der Waals surface area contributed by atoms with E-state index in [9.17, 15) is 14.0 Å². The largest absolute Gasteiger partial charge is 0.338 e. The molecule has 30 heavy (non-hydrogen) atoms. The minimum Gasteiger partial charge on any atom is -0.338 e. The van der Waals surface area contributed by atoms with Crippen LogP contribution >= 0.6 is 11.8 Å². The van der Waals surface area contributed by atoms with Gasteiger partial charge in [-0.2, -0.15) is 0 Å². The topological polar surface area (TPSA) is 92.2 Å². The molecule has 2 N–H and O–H groups in total. The van der Waals surface area contributed by atoms with Crippen molar-refractivity contribution in [3.8, 4) is 5.69 Å². The Labute approximate surface area is 179 Å². The van der Waals surface area contributed by atoms with Crippen LogP contribution < -0.4 is 10.6 Å². The Morgan fingerprint density at radius 3 is 2.57 bits per heavy atom. The highest BCUT2D eigenvalue weighted by Crippen LogP contribution is 2.24. The number of nitrogens with zero attached hydrogens (tertiary/aromatic N) is 4. The van der Waals surface area contributed by atoms with E-state index in [1.165, 1.54) is 30.3 Å². The standard InChI is InChI=1S/C20H27FN6O2S/c1-2-10-22-19(29)23-18(28)14-30-20-25-24-17(13-26-11-4-3-5-12-26)27(20)16-8-6-15(21)7-9-16/h6-9H,2-5,10-14H2,1H3,(H2,22,23,28,29). The Morgan fingerprint density at radius 2 is 1.87 bits per heavy atom. The summed E-state index contributed by atoms with van der Waals surface area (Å²) < 4.78 is 15.3. The van der Waals surface area contributed by atoms with Gasteiger partial charge in [-0.25, -0.2) is 9.18 Å². The van der Waals surface area contributed by atoms with Crippen molar-refractivity contribution in [1.29, 1.82) is 0 Å². The molecule has 0 spiro atoms. The molecule has 0 radical (unpaired) electrons. The highest BCUT2D eigenvalue weighted by molar-refractivity contribution is 7.99. The van der Waals surface area contributed by atoms with Crippen LogP contribution in [0.3, 0.4) is 0 Å². The van der Waals surface area contributed by atoms with Crippen LogP contribution in [0.1, 0.15) is 38.4 Å². The van der Waals surface area contributed by atoms with Crippen LogP contribution in [-0.4, -0.2) is 57.0 Å². The monoisotopic (exact) mass is 434 g/mol. The average Bonchev–Trinajstić information content (AvgIpc) is 3.14. The Balaban J connectivity index is 1.72. The first kappa shape index (κ1) is 22.2. The van der Waals surface area contributed by atoms with Gasteiger partial charge in [0.05, 0.1) is 12.3 Å². The molecule has 3 rings (SSSR count). The molecule has 162 valence electrons. The number of thioether (sulfide) groups is 1. The third kappa shape index (κ3) is 6.27. The number of piperidine rings is 1. The van der Waals surface area contributed by atoms with Crippen molar-refractivity contribution in [1.82, 2.24) is 30.3 Å². The molecule has 1 aromatic heterocycles. The highest BCUT2D eigenvalue weighted by Gasteiger charge is 2.20. The quantitative estimate of drug-likeness (QED) is 0.621. The number of urea groups is 1. The van der Waals surface area contributed by atoms with Crippen molar-refractivity contribution in [2.75, 3.05) is 25.4 Å². The van der Waals surface area contributed by atoms with Crippen molar-refractivity contribution in [3.63, 3.8) is 0 Å². The molecule has 3 amide bonds. The second kappa shape index (κ2) is 11.1. The predicted molar refractivity (Wildman–Crippen MR) is 113 cm³/mol. The minimum absolute atomic E-state index is 0.0165. The van der Waals surface area contributed by atoms with E-state index in [0.717, 1.165) is 43.9 Å². The molecule has 8 nitrogen and oxygen atoms in total. The van der Waals surface area contributed by atoms with E-state index in [2.05, 4.69) is 25.7 Å². The van der Waals surface area contributed by atoms with Gasteiger partial charge >= 0.3 is 6.03 Å².